The van der Waals surface area contributed by atoms with Crippen LogP contribution in [-0.4, -0.2) is 41.2 Å². The summed E-state index contributed by atoms with van der Waals surface area (Å²) in [6.45, 7) is 5.59. The third-order valence-electron chi connectivity index (χ3n) is 3.70. The van der Waals surface area contributed by atoms with Crippen molar-refractivity contribution in [1.82, 2.24) is 4.90 Å². The Morgan fingerprint density at radius 3 is 2.71 bits per heavy atom. The summed E-state index contributed by atoms with van der Waals surface area (Å²) >= 11 is 0. The van der Waals surface area contributed by atoms with Gasteiger partial charge >= 0.3 is 6.03 Å². The Balaban J connectivity index is 1.99. The molecule has 1 aromatic rings. The summed E-state index contributed by atoms with van der Waals surface area (Å²) in [5, 5.41) is 13.3. The summed E-state index contributed by atoms with van der Waals surface area (Å²) in [5.74, 6) is 0. The van der Waals surface area contributed by atoms with Crippen LogP contribution in [0.25, 0.3) is 0 Å². The molecular formula is C14H19N3O4. The molecule has 7 nitrogen and oxygen atoms in total. The van der Waals surface area contributed by atoms with Crippen molar-refractivity contribution in [1.29, 1.82) is 0 Å². The lowest BCUT2D eigenvalue weighted by Crippen LogP contribution is -2.52. The molecule has 7 heteroatoms. The van der Waals surface area contributed by atoms with Crippen LogP contribution < -0.4 is 5.32 Å². The average Bonchev–Trinajstić information content (AvgIpc) is 2.48. The fraction of sp³-hybridized carbons (Fsp3) is 0.500. The predicted molar refractivity (Wildman–Crippen MR) is 78.3 cm³/mol. The molecular weight excluding hydrogens is 274 g/mol. The molecule has 1 aliphatic heterocycles. The van der Waals surface area contributed by atoms with Gasteiger partial charge in [-0.3, -0.25) is 10.1 Å². The van der Waals surface area contributed by atoms with E-state index in [4.69, 9.17) is 4.74 Å². The molecule has 114 valence electrons. The van der Waals surface area contributed by atoms with Crippen molar-refractivity contribution in [2.24, 2.45) is 0 Å². The minimum atomic E-state index is -0.472. The maximum absolute atomic E-state index is 12.2. The van der Waals surface area contributed by atoms with Crippen molar-refractivity contribution in [3.05, 3.63) is 34.4 Å². The molecule has 2 amide bonds. The maximum Gasteiger partial charge on any atom is 0.322 e. The van der Waals surface area contributed by atoms with Gasteiger partial charge in [0.1, 0.15) is 0 Å². The fourth-order valence-electron chi connectivity index (χ4n) is 2.19. The van der Waals surface area contributed by atoms with E-state index in [2.05, 4.69) is 5.32 Å². The summed E-state index contributed by atoms with van der Waals surface area (Å²) in [4.78, 5) is 24.0. The van der Waals surface area contributed by atoms with Crippen LogP contribution >= 0.6 is 0 Å². The van der Waals surface area contributed by atoms with Gasteiger partial charge < -0.3 is 15.0 Å². The molecule has 0 unspecified atom stereocenters. The summed E-state index contributed by atoms with van der Waals surface area (Å²) < 4.78 is 5.69. The Kier molecular flexibility index (Phi) is 4.42. The molecule has 21 heavy (non-hydrogen) atoms. The zero-order valence-electron chi connectivity index (χ0n) is 12.2. The van der Waals surface area contributed by atoms with Gasteiger partial charge in [-0.2, -0.15) is 0 Å². The molecule has 1 fully saturated rings. The van der Waals surface area contributed by atoms with Gasteiger partial charge in [0.25, 0.3) is 5.69 Å². The van der Waals surface area contributed by atoms with E-state index in [0.717, 1.165) is 6.42 Å². The Hall–Kier alpha value is -2.15. The molecule has 1 atom stereocenters. The van der Waals surface area contributed by atoms with Crippen molar-refractivity contribution in [3.8, 4) is 0 Å². The number of non-ortho nitro benzene ring substituents is 1. The maximum atomic E-state index is 12.2. The van der Waals surface area contributed by atoms with E-state index in [9.17, 15) is 14.9 Å². The molecule has 1 saturated heterocycles. The molecule has 1 aromatic carbocycles. The van der Waals surface area contributed by atoms with Crippen LogP contribution in [-0.2, 0) is 4.74 Å². The van der Waals surface area contributed by atoms with Crippen molar-refractivity contribution in [2.45, 2.75) is 25.9 Å². The Bertz CT molecular complexity index is 532. The quantitative estimate of drug-likeness (QED) is 0.685. The normalized spacial score (nSPS) is 21.9. The second-order valence-electron chi connectivity index (χ2n) is 5.31. The monoisotopic (exact) mass is 293 g/mol. The molecule has 0 aromatic heterocycles. The molecule has 0 saturated carbocycles. The summed E-state index contributed by atoms with van der Waals surface area (Å²) in [6, 6.07) is 5.56. The number of morpholine rings is 1. The molecule has 1 heterocycles. The molecule has 0 bridgehead atoms. The van der Waals surface area contributed by atoms with E-state index >= 15 is 0 Å². The van der Waals surface area contributed by atoms with Gasteiger partial charge in [-0.05, 0) is 25.5 Å². The number of rotatable bonds is 3. The molecule has 0 radical (unpaired) electrons. The Labute approximate surface area is 123 Å². The number of hydrogen-bond acceptors (Lipinski definition) is 4. The number of nitrogens with one attached hydrogen (secondary N) is 1. The summed E-state index contributed by atoms with van der Waals surface area (Å²) in [7, 11) is 0. The van der Waals surface area contributed by atoms with Gasteiger partial charge in [0.15, 0.2) is 0 Å². The summed E-state index contributed by atoms with van der Waals surface area (Å²) in [5.41, 5.74) is 0.221. The van der Waals surface area contributed by atoms with Crippen LogP contribution in [0.4, 0.5) is 16.2 Å². The number of urea groups is 1. The number of nitro groups is 1. The first-order valence-electron chi connectivity index (χ1n) is 6.88. The van der Waals surface area contributed by atoms with Gasteiger partial charge in [0, 0.05) is 24.4 Å². The van der Waals surface area contributed by atoms with E-state index in [1.807, 2.05) is 13.8 Å². The Morgan fingerprint density at radius 2 is 2.14 bits per heavy atom. The van der Waals surface area contributed by atoms with E-state index in [0.29, 0.717) is 25.4 Å². The number of nitro benzene ring substituents is 1. The van der Waals surface area contributed by atoms with Gasteiger partial charge in [0.05, 0.1) is 23.7 Å². The zero-order valence-corrected chi connectivity index (χ0v) is 12.2. The van der Waals surface area contributed by atoms with E-state index < -0.39 is 4.92 Å². The van der Waals surface area contributed by atoms with Crippen molar-refractivity contribution in [2.75, 3.05) is 25.0 Å². The zero-order chi connectivity index (χ0) is 15.5. The standard InChI is InChI=1S/C14H19N3O4/c1-3-14(2)10-16(8-9-21-14)13(18)15-11-4-6-12(7-5-11)17(19)20/h4-7H,3,8-10H2,1-2H3,(H,15,18)/t14-/m1/s1. The lowest BCUT2D eigenvalue weighted by Gasteiger charge is -2.39. The minimum absolute atomic E-state index is 0.00192. The smallest absolute Gasteiger partial charge is 0.322 e. The van der Waals surface area contributed by atoms with Crippen LogP contribution in [0.1, 0.15) is 20.3 Å². The molecule has 0 aliphatic carbocycles. The summed E-state index contributed by atoms with van der Waals surface area (Å²) in [6.07, 6.45) is 0.828. The predicted octanol–water partition coefficient (Wildman–Crippen LogP) is 2.63. The highest BCUT2D eigenvalue weighted by Gasteiger charge is 2.32. The van der Waals surface area contributed by atoms with Crippen LogP contribution in [0.5, 0.6) is 0 Å². The second kappa shape index (κ2) is 6.09. The first-order chi connectivity index (χ1) is 9.93. The number of carbonyl (C=O) groups excluding carboxylic acids is 1. The van der Waals surface area contributed by atoms with Gasteiger partial charge in [-0.15, -0.1) is 0 Å². The van der Waals surface area contributed by atoms with Crippen molar-refractivity contribution >= 4 is 17.4 Å². The van der Waals surface area contributed by atoms with Gasteiger partial charge in [0.2, 0.25) is 0 Å². The van der Waals surface area contributed by atoms with E-state index in [1.54, 1.807) is 4.90 Å². The highest BCUT2D eigenvalue weighted by Crippen LogP contribution is 2.22. The number of ether oxygens (including phenoxy) is 1. The van der Waals surface area contributed by atoms with Crippen molar-refractivity contribution in [3.63, 3.8) is 0 Å². The van der Waals surface area contributed by atoms with E-state index in [-0.39, 0.29) is 17.3 Å². The highest BCUT2D eigenvalue weighted by atomic mass is 16.6. The third-order valence-corrected chi connectivity index (χ3v) is 3.70. The van der Waals surface area contributed by atoms with Crippen LogP contribution in [0.15, 0.2) is 24.3 Å². The first kappa shape index (κ1) is 15.2. The largest absolute Gasteiger partial charge is 0.372 e. The number of hydrogen-bond donors (Lipinski definition) is 1. The Morgan fingerprint density at radius 1 is 1.48 bits per heavy atom. The number of amides is 2. The third kappa shape index (κ3) is 3.69. The van der Waals surface area contributed by atoms with Crippen LogP contribution in [0.3, 0.4) is 0 Å². The van der Waals surface area contributed by atoms with Gasteiger partial charge in [-0.1, -0.05) is 6.92 Å². The lowest BCUT2D eigenvalue weighted by atomic mass is 10.0. The molecule has 1 N–H and O–H groups in total. The first-order valence-corrected chi connectivity index (χ1v) is 6.88. The number of carbonyl (C=O) groups is 1. The van der Waals surface area contributed by atoms with E-state index in [1.165, 1.54) is 24.3 Å². The number of nitrogens with zero attached hydrogens (tertiary/aromatic N) is 2. The molecule has 0 spiro atoms. The number of anilines is 1. The highest BCUT2D eigenvalue weighted by molar-refractivity contribution is 5.89. The topological polar surface area (TPSA) is 84.7 Å². The lowest BCUT2D eigenvalue weighted by molar-refractivity contribution is -0.384. The van der Waals surface area contributed by atoms with Crippen LogP contribution in [0.2, 0.25) is 0 Å². The number of benzene rings is 1. The second-order valence-corrected chi connectivity index (χ2v) is 5.31. The van der Waals surface area contributed by atoms with Gasteiger partial charge in [-0.25, -0.2) is 4.79 Å². The van der Waals surface area contributed by atoms with Crippen molar-refractivity contribution < 1.29 is 14.5 Å². The van der Waals surface area contributed by atoms with Crippen LogP contribution in [0, 0.1) is 10.1 Å². The fourth-order valence-corrected chi connectivity index (χ4v) is 2.19. The minimum Gasteiger partial charge on any atom is -0.372 e. The molecule has 2 rings (SSSR count). The SMILES string of the molecule is CC[C@]1(C)CN(C(=O)Nc2ccc([N+](=O)[O-])cc2)CCO1. The molecule has 1 aliphatic rings. The average molecular weight is 293 g/mol.